The molecule has 2 aromatic rings. The van der Waals surface area contributed by atoms with Crippen LogP contribution in [-0.2, 0) is 18.2 Å². The Morgan fingerprint density at radius 1 is 1.33 bits per heavy atom. The second-order valence-corrected chi connectivity index (χ2v) is 6.61. The third kappa shape index (κ3) is 2.78. The number of nitrogens with one attached hydrogen (secondary N) is 1. The maximum Gasteiger partial charge on any atom is 0.326 e. The molecule has 126 valence electrons. The lowest BCUT2D eigenvalue weighted by Crippen LogP contribution is -2.45. The summed E-state index contributed by atoms with van der Waals surface area (Å²) in [6, 6.07) is 7.89. The predicted molar refractivity (Wildman–Crippen MR) is 92.5 cm³/mol. The molecule has 6 heteroatoms. The Morgan fingerprint density at radius 2 is 2.12 bits per heavy atom. The van der Waals surface area contributed by atoms with Gasteiger partial charge < -0.3 is 10.1 Å². The highest BCUT2D eigenvalue weighted by Gasteiger charge is 2.32. The van der Waals surface area contributed by atoms with Gasteiger partial charge >= 0.3 is 6.03 Å². The Bertz CT molecular complexity index is 766. The maximum absolute atomic E-state index is 12.9. The molecule has 2 aliphatic rings. The fourth-order valence-electron chi connectivity index (χ4n) is 3.35. The molecule has 0 radical (unpaired) electrons. The summed E-state index contributed by atoms with van der Waals surface area (Å²) in [5.41, 5.74) is 3.92. The number of para-hydroxylation sites is 1. The van der Waals surface area contributed by atoms with Crippen LogP contribution < -0.4 is 10.2 Å². The van der Waals surface area contributed by atoms with Crippen LogP contribution in [-0.4, -0.2) is 35.6 Å². The van der Waals surface area contributed by atoms with Crippen LogP contribution in [0.25, 0.3) is 0 Å². The lowest BCUT2D eigenvalue weighted by molar-refractivity contribution is 0.106. The van der Waals surface area contributed by atoms with Crippen molar-refractivity contribution in [2.75, 3.05) is 23.9 Å². The van der Waals surface area contributed by atoms with Gasteiger partial charge in [0.15, 0.2) is 0 Å². The fourth-order valence-corrected chi connectivity index (χ4v) is 3.35. The van der Waals surface area contributed by atoms with E-state index < -0.39 is 0 Å². The van der Waals surface area contributed by atoms with E-state index in [-0.39, 0.29) is 12.1 Å². The highest BCUT2D eigenvalue weighted by atomic mass is 16.5. The number of rotatable bonds is 3. The zero-order valence-corrected chi connectivity index (χ0v) is 14.0. The number of ether oxygens (including phenoxy) is 1. The molecule has 1 fully saturated rings. The number of amides is 2. The van der Waals surface area contributed by atoms with Crippen LogP contribution in [0.4, 0.5) is 16.2 Å². The van der Waals surface area contributed by atoms with Crippen LogP contribution in [0.2, 0.25) is 0 Å². The normalized spacial score (nSPS) is 19.9. The Balaban J connectivity index is 1.60. The maximum atomic E-state index is 12.9. The molecule has 0 bridgehead atoms. The van der Waals surface area contributed by atoms with Crippen molar-refractivity contribution in [3.63, 3.8) is 0 Å². The van der Waals surface area contributed by atoms with E-state index in [1.54, 1.807) is 16.7 Å². The van der Waals surface area contributed by atoms with Crippen molar-refractivity contribution >= 4 is 17.4 Å². The number of aromatic nitrogens is 2. The monoisotopic (exact) mass is 326 g/mol. The van der Waals surface area contributed by atoms with Crippen LogP contribution in [0.5, 0.6) is 0 Å². The number of anilines is 2. The molecule has 1 aliphatic heterocycles. The molecule has 1 aromatic carbocycles. The fraction of sp³-hybridized carbons (Fsp3) is 0.444. The van der Waals surface area contributed by atoms with Crippen molar-refractivity contribution < 1.29 is 9.53 Å². The van der Waals surface area contributed by atoms with Gasteiger partial charge in [-0.15, -0.1) is 0 Å². The van der Waals surface area contributed by atoms with Gasteiger partial charge in [0.1, 0.15) is 0 Å². The summed E-state index contributed by atoms with van der Waals surface area (Å²) in [5.74, 6) is 0.488. The predicted octanol–water partition coefficient (Wildman–Crippen LogP) is 2.91. The molecule has 2 heterocycles. The molecule has 1 atom stereocenters. The summed E-state index contributed by atoms with van der Waals surface area (Å²) < 4.78 is 7.29. The van der Waals surface area contributed by atoms with Gasteiger partial charge in [-0.1, -0.05) is 18.2 Å². The van der Waals surface area contributed by atoms with Crippen molar-refractivity contribution in [3.8, 4) is 0 Å². The number of nitrogens with zero attached hydrogens (tertiary/aromatic N) is 3. The Labute approximate surface area is 141 Å². The minimum absolute atomic E-state index is 0.0162. The summed E-state index contributed by atoms with van der Waals surface area (Å²) in [7, 11) is 3.58. The largest absolute Gasteiger partial charge is 0.379 e. The number of aryl methyl sites for hydroxylation is 1. The summed E-state index contributed by atoms with van der Waals surface area (Å²) in [6.45, 7) is 0.554. The first-order chi connectivity index (χ1) is 11.7. The smallest absolute Gasteiger partial charge is 0.326 e. The molecule has 0 saturated heterocycles. The number of urea groups is 1. The second kappa shape index (κ2) is 5.94. The SMILES string of the molecule is CO[C@H]1Cc2ccccc2N(C(=O)Nc2cn(C)nc2C2CC2)C1. The molecule has 1 aliphatic carbocycles. The minimum Gasteiger partial charge on any atom is -0.379 e. The standard InChI is InChI=1S/C18H22N4O2/c1-21-11-15(17(20-21)12-7-8-12)19-18(23)22-10-14(24-2)9-13-5-3-4-6-16(13)22/h3-6,11-12,14H,7-10H2,1-2H3,(H,19,23)/t14-/m0/s1. The average molecular weight is 326 g/mol. The first kappa shape index (κ1) is 15.2. The zero-order chi connectivity index (χ0) is 16.7. The number of carbonyl (C=O) groups excluding carboxylic acids is 1. The van der Waals surface area contributed by atoms with Crippen LogP contribution in [0.1, 0.15) is 30.0 Å². The second-order valence-electron chi connectivity index (χ2n) is 6.61. The number of methoxy groups -OCH3 is 1. The molecule has 0 unspecified atom stereocenters. The number of carbonyl (C=O) groups is 1. The highest BCUT2D eigenvalue weighted by molar-refractivity contribution is 6.03. The summed E-state index contributed by atoms with van der Waals surface area (Å²) >= 11 is 0. The van der Waals surface area contributed by atoms with Crippen molar-refractivity contribution in [2.45, 2.75) is 31.3 Å². The van der Waals surface area contributed by atoms with E-state index in [4.69, 9.17) is 4.74 Å². The van der Waals surface area contributed by atoms with E-state index in [0.29, 0.717) is 12.5 Å². The number of hydrogen-bond donors (Lipinski definition) is 1. The third-order valence-corrected chi connectivity index (χ3v) is 4.76. The van der Waals surface area contributed by atoms with Crippen molar-refractivity contribution in [2.24, 2.45) is 7.05 Å². The van der Waals surface area contributed by atoms with E-state index >= 15 is 0 Å². The summed E-state index contributed by atoms with van der Waals surface area (Å²) in [4.78, 5) is 14.7. The molecule has 24 heavy (non-hydrogen) atoms. The van der Waals surface area contributed by atoms with E-state index in [2.05, 4.69) is 16.5 Å². The first-order valence-corrected chi connectivity index (χ1v) is 8.38. The van der Waals surface area contributed by atoms with E-state index in [1.165, 1.54) is 0 Å². The summed E-state index contributed by atoms with van der Waals surface area (Å²) in [6.07, 6.45) is 5.03. The lowest BCUT2D eigenvalue weighted by Gasteiger charge is -2.33. The molecular weight excluding hydrogens is 304 g/mol. The molecule has 6 nitrogen and oxygen atoms in total. The molecule has 1 saturated carbocycles. The van der Waals surface area contributed by atoms with Gasteiger partial charge in [0.2, 0.25) is 0 Å². The Kier molecular flexibility index (Phi) is 3.76. The topological polar surface area (TPSA) is 59.4 Å². The van der Waals surface area contributed by atoms with Gasteiger partial charge in [-0.3, -0.25) is 9.58 Å². The van der Waals surface area contributed by atoms with Gasteiger partial charge in [0.05, 0.1) is 24.0 Å². The number of hydrogen-bond acceptors (Lipinski definition) is 3. The number of fused-ring (bicyclic) bond motifs is 1. The quantitative estimate of drug-likeness (QED) is 0.943. The van der Waals surface area contributed by atoms with Gasteiger partial charge in [-0.25, -0.2) is 4.79 Å². The molecule has 2 amide bonds. The van der Waals surface area contributed by atoms with Gasteiger partial charge in [0, 0.05) is 38.4 Å². The van der Waals surface area contributed by atoms with Crippen molar-refractivity contribution in [1.82, 2.24) is 9.78 Å². The lowest BCUT2D eigenvalue weighted by atomic mass is 10.00. The van der Waals surface area contributed by atoms with Crippen molar-refractivity contribution in [1.29, 1.82) is 0 Å². The molecule has 1 aromatic heterocycles. The molecule has 0 spiro atoms. The van der Waals surface area contributed by atoms with Crippen LogP contribution in [0.3, 0.4) is 0 Å². The Hall–Kier alpha value is -2.34. The third-order valence-electron chi connectivity index (χ3n) is 4.76. The molecular formula is C18H22N4O2. The van der Waals surface area contributed by atoms with Crippen LogP contribution in [0.15, 0.2) is 30.5 Å². The van der Waals surface area contributed by atoms with Gasteiger partial charge in [-0.05, 0) is 24.5 Å². The first-order valence-electron chi connectivity index (χ1n) is 8.38. The van der Waals surface area contributed by atoms with E-state index in [0.717, 1.165) is 41.9 Å². The highest BCUT2D eigenvalue weighted by Crippen LogP contribution is 2.42. The van der Waals surface area contributed by atoms with Crippen LogP contribution in [0, 0.1) is 0 Å². The molecule has 4 rings (SSSR count). The summed E-state index contributed by atoms with van der Waals surface area (Å²) in [5, 5.41) is 7.56. The zero-order valence-electron chi connectivity index (χ0n) is 14.0. The van der Waals surface area contributed by atoms with E-state index in [9.17, 15) is 4.79 Å². The Morgan fingerprint density at radius 3 is 2.88 bits per heavy atom. The average Bonchev–Trinajstić information content (AvgIpc) is 3.37. The van der Waals surface area contributed by atoms with Gasteiger partial charge in [-0.2, -0.15) is 5.10 Å². The van der Waals surface area contributed by atoms with E-state index in [1.807, 2.05) is 31.4 Å². The van der Waals surface area contributed by atoms with Crippen LogP contribution >= 0.6 is 0 Å². The molecule has 1 N–H and O–H groups in total. The number of benzene rings is 1. The van der Waals surface area contributed by atoms with Gasteiger partial charge in [0.25, 0.3) is 0 Å². The minimum atomic E-state index is -0.126. The van der Waals surface area contributed by atoms with Crippen molar-refractivity contribution in [3.05, 3.63) is 41.7 Å².